The molecule has 110 valence electrons. The Morgan fingerprint density at radius 2 is 2.15 bits per heavy atom. The predicted octanol–water partition coefficient (Wildman–Crippen LogP) is 3.19. The second-order valence-electron chi connectivity index (χ2n) is 5.14. The molecule has 1 aliphatic rings. The number of nitrogens with two attached hydrogens (primary N) is 1. The molecule has 6 heteroatoms. The van der Waals surface area contributed by atoms with Gasteiger partial charge >= 0.3 is 5.97 Å². The fraction of sp³-hybridized carbons (Fsp3) is 0.500. The lowest BCUT2D eigenvalue weighted by molar-refractivity contribution is 0.0698. The molecule has 1 aliphatic carbocycles. The normalized spacial score (nSPS) is 17.1. The molecule has 0 atom stereocenters. The third-order valence-electron chi connectivity index (χ3n) is 3.95. The first-order valence-corrected chi connectivity index (χ1v) is 7.82. The Morgan fingerprint density at radius 1 is 1.50 bits per heavy atom. The summed E-state index contributed by atoms with van der Waals surface area (Å²) in [4.78, 5) is 11.2. The van der Waals surface area contributed by atoms with E-state index < -0.39 is 11.8 Å². The van der Waals surface area contributed by atoms with E-state index >= 15 is 0 Å². The van der Waals surface area contributed by atoms with Crippen molar-refractivity contribution in [3.8, 4) is 0 Å². The van der Waals surface area contributed by atoms with Crippen LogP contribution in [0.3, 0.4) is 0 Å². The number of halogens is 1. The number of anilines is 2. The average Bonchev–Trinajstić information content (AvgIpc) is 2.89. The highest BCUT2D eigenvalue weighted by Gasteiger charge is 2.33. The van der Waals surface area contributed by atoms with Crippen molar-refractivity contribution in [1.29, 1.82) is 0 Å². The van der Waals surface area contributed by atoms with Crippen LogP contribution in [0.25, 0.3) is 0 Å². The topological polar surface area (TPSA) is 75.3 Å². The summed E-state index contributed by atoms with van der Waals surface area (Å²) < 4.78 is 13.5. The van der Waals surface area contributed by atoms with E-state index in [4.69, 9.17) is 5.73 Å². The van der Waals surface area contributed by atoms with Crippen LogP contribution < -0.4 is 11.1 Å². The number of hydrogen-bond acceptors (Lipinski definition) is 4. The van der Waals surface area contributed by atoms with Crippen LogP contribution in [-0.4, -0.2) is 28.6 Å². The number of carboxylic acids is 1. The van der Waals surface area contributed by atoms with E-state index in [1.165, 1.54) is 25.0 Å². The van der Waals surface area contributed by atoms with Crippen LogP contribution in [0.2, 0.25) is 0 Å². The van der Waals surface area contributed by atoms with Gasteiger partial charge in [0.2, 0.25) is 0 Å². The van der Waals surface area contributed by atoms with E-state index in [0.29, 0.717) is 12.2 Å². The lowest BCUT2D eigenvalue weighted by Crippen LogP contribution is -2.30. The first kappa shape index (κ1) is 15.0. The Morgan fingerprint density at radius 3 is 2.70 bits per heavy atom. The number of hydrogen-bond donors (Lipinski definition) is 3. The summed E-state index contributed by atoms with van der Waals surface area (Å²) in [5.74, 6) is -1.91. The second kappa shape index (κ2) is 5.91. The Kier molecular flexibility index (Phi) is 4.42. The molecule has 4 nitrogen and oxygen atoms in total. The molecule has 0 unspecified atom stereocenters. The molecule has 0 amide bonds. The van der Waals surface area contributed by atoms with Gasteiger partial charge in [-0.25, -0.2) is 9.18 Å². The summed E-state index contributed by atoms with van der Waals surface area (Å²) in [7, 11) is 0. The van der Waals surface area contributed by atoms with Crippen molar-refractivity contribution in [2.45, 2.75) is 30.4 Å². The molecule has 0 saturated heterocycles. The molecule has 0 radical (unpaired) electrons. The lowest BCUT2D eigenvalue weighted by Gasteiger charge is -2.28. The smallest absolute Gasteiger partial charge is 0.340 e. The minimum Gasteiger partial charge on any atom is -0.478 e. The molecule has 0 heterocycles. The van der Waals surface area contributed by atoms with Crippen LogP contribution in [0.5, 0.6) is 0 Å². The second-order valence-corrected chi connectivity index (χ2v) is 6.41. The third-order valence-corrected chi connectivity index (χ3v) is 5.37. The van der Waals surface area contributed by atoms with Gasteiger partial charge in [0.1, 0.15) is 11.4 Å². The molecule has 0 bridgehead atoms. The SMILES string of the molecule is CSC1(CNc2ccc(F)c(N)c2C(=O)O)CCCC1. The number of nitrogen functional groups attached to an aromatic ring is 1. The summed E-state index contributed by atoms with van der Waals surface area (Å²) in [6.45, 7) is 0.666. The summed E-state index contributed by atoms with van der Waals surface area (Å²) in [5, 5.41) is 12.3. The molecule has 4 N–H and O–H groups in total. The van der Waals surface area contributed by atoms with Crippen LogP contribution in [0.15, 0.2) is 12.1 Å². The van der Waals surface area contributed by atoms with Gasteiger partial charge in [-0.3, -0.25) is 0 Å². The average molecular weight is 298 g/mol. The van der Waals surface area contributed by atoms with Crippen LogP contribution in [0, 0.1) is 5.82 Å². The zero-order chi connectivity index (χ0) is 14.8. The first-order chi connectivity index (χ1) is 9.49. The third kappa shape index (κ3) is 2.85. The number of carbonyl (C=O) groups is 1. The number of aromatic carboxylic acids is 1. The van der Waals surface area contributed by atoms with Crippen LogP contribution in [-0.2, 0) is 0 Å². The highest BCUT2D eigenvalue weighted by atomic mass is 32.2. The van der Waals surface area contributed by atoms with Gasteiger partial charge in [0.25, 0.3) is 0 Å². The van der Waals surface area contributed by atoms with E-state index in [1.54, 1.807) is 11.8 Å². The fourth-order valence-corrected chi connectivity index (χ4v) is 3.61. The van der Waals surface area contributed by atoms with E-state index in [1.807, 2.05) is 0 Å². The molecule has 0 aliphatic heterocycles. The van der Waals surface area contributed by atoms with Gasteiger partial charge in [-0.05, 0) is 31.2 Å². The minimum absolute atomic E-state index is 0.138. The van der Waals surface area contributed by atoms with E-state index in [0.717, 1.165) is 12.8 Å². The molecule has 0 aromatic heterocycles. The Hall–Kier alpha value is -1.43. The maximum absolute atomic E-state index is 13.4. The van der Waals surface area contributed by atoms with Crippen molar-refractivity contribution in [1.82, 2.24) is 0 Å². The lowest BCUT2D eigenvalue weighted by atomic mass is 10.1. The van der Waals surface area contributed by atoms with E-state index in [-0.39, 0.29) is 16.0 Å². The Labute approximate surface area is 121 Å². The van der Waals surface area contributed by atoms with Crippen molar-refractivity contribution in [3.63, 3.8) is 0 Å². The van der Waals surface area contributed by atoms with Crippen molar-refractivity contribution < 1.29 is 14.3 Å². The van der Waals surface area contributed by atoms with E-state index in [2.05, 4.69) is 11.6 Å². The fourth-order valence-electron chi connectivity index (χ4n) is 2.70. The van der Waals surface area contributed by atoms with Gasteiger partial charge in [-0.2, -0.15) is 11.8 Å². The maximum Gasteiger partial charge on any atom is 0.340 e. The number of carboxylic acid groups (broad SMARTS) is 1. The predicted molar refractivity (Wildman–Crippen MR) is 81.0 cm³/mol. The van der Waals surface area contributed by atoms with Crippen molar-refractivity contribution >= 4 is 29.1 Å². The molecule has 1 fully saturated rings. The zero-order valence-electron chi connectivity index (χ0n) is 11.4. The Bertz CT molecular complexity index is 516. The molecule has 20 heavy (non-hydrogen) atoms. The largest absolute Gasteiger partial charge is 0.478 e. The summed E-state index contributed by atoms with van der Waals surface area (Å²) in [5.41, 5.74) is 5.42. The zero-order valence-corrected chi connectivity index (χ0v) is 12.2. The van der Waals surface area contributed by atoms with Crippen LogP contribution in [0.1, 0.15) is 36.0 Å². The van der Waals surface area contributed by atoms with Crippen molar-refractivity contribution in [2.24, 2.45) is 0 Å². The van der Waals surface area contributed by atoms with Crippen LogP contribution >= 0.6 is 11.8 Å². The molecule has 1 aromatic carbocycles. The molecular formula is C14H19FN2O2S. The van der Waals surface area contributed by atoms with Gasteiger partial charge in [-0.15, -0.1) is 0 Å². The standard InChI is InChI=1S/C14H19FN2O2S/c1-20-14(6-2-3-7-14)8-17-10-5-4-9(15)12(16)11(10)13(18)19/h4-5,17H,2-3,6-8,16H2,1H3,(H,18,19). The number of rotatable bonds is 5. The van der Waals surface area contributed by atoms with Gasteiger partial charge in [-0.1, -0.05) is 12.8 Å². The monoisotopic (exact) mass is 298 g/mol. The molecule has 2 rings (SSSR count). The van der Waals surface area contributed by atoms with Crippen molar-refractivity contribution in [2.75, 3.05) is 23.9 Å². The van der Waals surface area contributed by atoms with Gasteiger partial charge in [0.15, 0.2) is 0 Å². The van der Waals surface area contributed by atoms with Gasteiger partial charge in [0, 0.05) is 11.3 Å². The number of nitrogens with one attached hydrogen (secondary N) is 1. The first-order valence-electron chi connectivity index (χ1n) is 6.59. The summed E-state index contributed by atoms with van der Waals surface area (Å²) in [6, 6.07) is 2.64. The Balaban J connectivity index is 2.21. The van der Waals surface area contributed by atoms with Crippen LogP contribution in [0.4, 0.5) is 15.8 Å². The van der Waals surface area contributed by atoms with Gasteiger partial charge in [0.05, 0.1) is 11.4 Å². The molecule has 0 spiro atoms. The molecule has 1 aromatic rings. The minimum atomic E-state index is -1.21. The highest BCUT2D eigenvalue weighted by Crippen LogP contribution is 2.40. The quantitative estimate of drug-likeness (QED) is 0.728. The number of thioether (sulfide) groups is 1. The maximum atomic E-state index is 13.4. The molecule has 1 saturated carbocycles. The number of benzene rings is 1. The summed E-state index contributed by atoms with van der Waals surface area (Å²) in [6.07, 6.45) is 6.68. The van der Waals surface area contributed by atoms with Gasteiger partial charge < -0.3 is 16.2 Å². The summed E-state index contributed by atoms with van der Waals surface area (Å²) >= 11 is 1.81. The molecular weight excluding hydrogens is 279 g/mol. The van der Waals surface area contributed by atoms with Crippen molar-refractivity contribution in [3.05, 3.63) is 23.5 Å². The highest BCUT2D eigenvalue weighted by molar-refractivity contribution is 8.00. The van der Waals surface area contributed by atoms with E-state index in [9.17, 15) is 14.3 Å².